The smallest absolute Gasteiger partial charge is 0.367 e. The summed E-state index contributed by atoms with van der Waals surface area (Å²) in [6.45, 7) is -1.61. The van der Waals surface area contributed by atoms with Crippen LogP contribution in [0.2, 0.25) is 0 Å². The van der Waals surface area contributed by atoms with Gasteiger partial charge in [-0.15, -0.1) is 0 Å². The van der Waals surface area contributed by atoms with E-state index >= 15 is 0 Å². The van der Waals surface area contributed by atoms with Crippen LogP contribution in [0.1, 0.15) is 0 Å². The van der Waals surface area contributed by atoms with Gasteiger partial charge in [0, 0.05) is 0 Å². The predicted molar refractivity (Wildman–Crippen MR) is 44.8 cm³/mol. The molecule has 0 radical (unpaired) electrons. The van der Waals surface area contributed by atoms with Crippen LogP contribution in [0, 0.1) is 0 Å². The fourth-order valence-electron chi connectivity index (χ4n) is 0.645. The molecule has 0 aromatic rings. The molecule has 7 nitrogen and oxygen atoms in total. The third-order valence-corrected chi connectivity index (χ3v) is 1.29. The number of carbonyl (C=O) groups is 3. The topological polar surface area (TPSA) is 127 Å². The highest BCUT2D eigenvalue weighted by atomic mass is 19.4. The van der Waals surface area contributed by atoms with Crippen LogP contribution in [0.4, 0.5) is 18.0 Å². The van der Waals surface area contributed by atoms with Crippen molar-refractivity contribution in [1.29, 1.82) is 0 Å². The van der Waals surface area contributed by atoms with Crippen molar-refractivity contribution in [3.63, 3.8) is 0 Å². The third-order valence-electron chi connectivity index (χ3n) is 1.29. The first-order valence-electron chi connectivity index (χ1n) is 3.83. The molecule has 92 valence electrons. The summed E-state index contributed by atoms with van der Waals surface area (Å²) in [5.74, 6) is -2.54. The second kappa shape index (κ2) is 5.19. The first-order valence-corrected chi connectivity index (χ1v) is 3.83. The first-order chi connectivity index (χ1) is 7.13. The molecule has 10 heteroatoms. The van der Waals surface area contributed by atoms with Crippen LogP contribution in [-0.4, -0.2) is 36.6 Å². The van der Waals surface area contributed by atoms with Crippen LogP contribution in [0.5, 0.6) is 0 Å². The molecule has 0 heterocycles. The van der Waals surface area contributed by atoms with E-state index in [2.05, 4.69) is 11.5 Å². The lowest BCUT2D eigenvalue weighted by Gasteiger charge is -2.13. The van der Waals surface area contributed by atoms with Gasteiger partial charge in [0.2, 0.25) is 11.8 Å². The summed E-state index contributed by atoms with van der Waals surface area (Å²) in [5.41, 5.74) is 9.33. The van der Waals surface area contributed by atoms with Gasteiger partial charge in [-0.3, -0.25) is 9.59 Å². The number of urea groups is 1. The predicted octanol–water partition coefficient (Wildman–Crippen LogP) is -1.81. The van der Waals surface area contributed by atoms with E-state index in [1.54, 1.807) is 5.32 Å². The lowest BCUT2D eigenvalue weighted by atomic mass is 10.3. The number of nitrogens with two attached hydrogens (primary N) is 2. The molecule has 0 aliphatic heterocycles. The van der Waals surface area contributed by atoms with E-state index < -0.39 is 36.6 Å². The Balaban J connectivity index is 4.22. The second-order valence-electron chi connectivity index (χ2n) is 2.68. The summed E-state index contributed by atoms with van der Waals surface area (Å²) in [7, 11) is 0. The fraction of sp³-hybridized carbons (Fsp3) is 0.500. The number of halogens is 3. The molecule has 16 heavy (non-hydrogen) atoms. The molecule has 0 aromatic carbocycles. The summed E-state index contributed by atoms with van der Waals surface area (Å²) in [4.78, 5) is 31.8. The van der Waals surface area contributed by atoms with Crippen molar-refractivity contribution in [3.8, 4) is 0 Å². The lowest BCUT2D eigenvalue weighted by molar-refractivity contribution is -0.128. The molecule has 0 saturated carbocycles. The van der Waals surface area contributed by atoms with Crippen molar-refractivity contribution in [1.82, 2.24) is 10.6 Å². The van der Waals surface area contributed by atoms with Gasteiger partial charge in [0.05, 0.1) is 0 Å². The number of nitrogens with one attached hydrogen (secondary N) is 2. The number of hydrogen-bond donors (Lipinski definition) is 4. The maximum atomic E-state index is 11.6. The number of hydrogen-bond acceptors (Lipinski definition) is 3. The van der Waals surface area contributed by atoms with E-state index in [0.717, 1.165) is 0 Å². The highest BCUT2D eigenvalue weighted by Gasteiger charge is 2.29. The van der Waals surface area contributed by atoms with Gasteiger partial charge in [-0.05, 0) is 0 Å². The molecule has 0 bridgehead atoms. The first kappa shape index (κ1) is 14.0. The Labute approximate surface area is 87.3 Å². The largest absolute Gasteiger partial charge is 0.405 e. The van der Waals surface area contributed by atoms with Crippen molar-refractivity contribution < 1.29 is 27.6 Å². The Morgan fingerprint density at radius 2 is 1.56 bits per heavy atom. The molecular formula is C6H9F3N4O3. The van der Waals surface area contributed by atoms with Crippen LogP contribution >= 0.6 is 0 Å². The SMILES string of the molecule is NC(=O)C(NC(=O)NCC(F)(F)F)C(N)=O. The molecule has 0 aliphatic carbocycles. The molecule has 0 spiro atoms. The standard InChI is InChI=1S/C6H9F3N4O3/c7-6(8,9)1-12-5(16)13-2(3(10)14)4(11)15/h2H,1H2,(H2,10,14)(H2,11,15)(H2,12,13,16). The van der Waals surface area contributed by atoms with E-state index in [4.69, 9.17) is 0 Å². The second-order valence-corrected chi connectivity index (χ2v) is 2.68. The summed E-state index contributed by atoms with van der Waals surface area (Å²) < 4.78 is 34.9. The van der Waals surface area contributed by atoms with Gasteiger partial charge in [-0.1, -0.05) is 0 Å². The number of rotatable bonds is 4. The molecule has 0 rings (SSSR count). The van der Waals surface area contributed by atoms with Crippen molar-refractivity contribution in [2.45, 2.75) is 12.2 Å². The van der Waals surface area contributed by atoms with Crippen molar-refractivity contribution >= 4 is 17.8 Å². The Bertz CT molecular complexity index is 290. The normalized spacial score (nSPS) is 11.0. The van der Waals surface area contributed by atoms with Gasteiger partial charge in [0.15, 0.2) is 6.04 Å². The molecule has 0 atom stereocenters. The highest BCUT2D eigenvalue weighted by Crippen LogP contribution is 2.11. The van der Waals surface area contributed by atoms with E-state index in [9.17, 15) is 27.6 Å². The number of carbonyl (C=O) groups excluding carboxylic acids is 3. The van der Waals surface area contributed by atoms with E-state index in [1.807, 2.05) is 0 Å². The van der Waals surface area contributed by atoms with Crippen LogP contribution in [0.25, 0.3) is 0 Å². The number of amides is 4. The van der Waals surface area contributed by atoms with Gasteiger partial charge >= 0.3 is 12.2 Å². The van der Waals surface area contributed by atoms with Gasteiger partial charge < -0.3 is 22.1 Å². The van der Waals surface area contributed by atoms with E-state index in [-0.39, 0.29) is 0 Å². The van der Waals surface area contributed by atoms with Gasteiger partial charge in [0.1, 0.15) is 6.54 Å². The molecule has 0 unspecified atom stereocenters. The van der Waals surface area contributed by atoms with Gasteiger partial charge in [-0.2, -0.15) is 13.2 Å². The summed E-state index contributed by atoms with van der Waals surface area (Å²) in [6, 6.07) is -3.23. The third kappa shape index (κ3) is 5.67. The van der Waals surface area contributed by atoms with Crippen molar-refractivity contribution in [2.24, 2.45) is 11.5 Å². The monoisotopic (exact) mass is 242 g/mol. The van der Waals surface area contributed by atoms with Crippen LogP contribution < -0.4 is 22.1 Å². The lowest BCUT2D eigenvalue weighted by Crippen LogP contribution is -2.55. The molecular weight excluding hydrogens is 233 g/mol. The van der Waals surface area contributed by atoms with Crippen molar-refractivity contribution in [2.75, 3.05) is 6.54 Å². The van der Waals surface area contributed by atoms with Crippen LogP contribution in [0.15, 0.2) is 0 Å². The molecule has 0 aliphatic rings. The zero-order chi connectivity index (χ0) is 12.9. The maximum absolute atomic E-state index is 11.6. The van der Waals surface area contributed by atoms with Gasteiger partial charge in [-0.25, -0.2) is 4.79 Å². The zero-order valence-electron chi connectivity index (χ0n) is 7.80. The fourth-order valence-corrected chi connectivity index (χ4v) is 0.645. The number of primary amides is 2. The Kier molecular flexibility index (Phi) is 4.54. The average Bonchev–Trinajstić information content (AvgIpc) is 2.08. The average molecular weight is 242 g/mol. The Hall–Kier alpha value is -2.00. The highest BCUT2D eigenvalue weighted by molar-refractivity contribution is 6.05. The van der Waals surface area contributed by atoms with E-state index in [1.165, 1.54) is 5.32 Å². The van der Waals surface area contributed by atoms with Crippen LogP contribution in [-0.2, 0) is 9.59 Å². The number of alkyl halides is 3. The Morgan fingerprint density at radius 1 is 1.12 bits per heavy atom. The van der Waals surface area contributed by atoms with Crippen LogP contribution in [0.3, 0.4) is 0 Å². The summed E-state index contributed by atoms with van der Waals surface area (Å²) >= 11 is 0. The zero-order valence-corrected chi connectivity index (χ0v) is 7.80. The minimum atomic E-state index is -4.60. The van der Waals surface area contributed by atoms with Gasteiger partial charge in [0.25, 0.3) is 0 Å². The molecule has 0 fully saturated rings. The summed E-state index contributed by atoms with van der Waals surface area (Å²) in [6.07, 6.45) is -4.60. The molecule has 4 amide bonds. The van der Waals surface area contributed by atoms with E-state index in [0.29, 0.717) is 0 Å². The minimum absolute atomic E-state index is 1.27. The Morgan fingerprint density at radius 3 is 1.88 bits per heavy atom. The minimum Gasteiger partial charge on any atom is -0.367 e. The molecule has 0 saturated heterocycles. The summed E-state index contributed by atoms with van der Waals surface area (Å²) in [5, 5.41) is 2.96. The quantitative estimate of drug-likeness (QED) is 0.433. The molecule has 6 N–H and O–H groups in total. The maximum Gasteiger partial charge on any atom is 0.405 e. The van der Waals surface area contributed by atoms with Crippen molar-refractivity contribution in [3.05, 3.63) is 0 Å². The molecule has 0 aromatic heterocycles.